The predicted molar refractivity (Wildman–Crippen MR) is 128 cm³/mol. The normalized spacial score (nSPS) is 18.9. The maximum absolute atomic E-state index is 13.6. The fourth-order valence-electron chi connectivity index (χ4n) is 4.63. The quantitative estimate of drug-likeness (QED) is 0.302. The van der Waals surface area contributed by atoms with E-state index >= 15 is 0 Å². The van der Waals surface area contributed by atoms with Gasteiger partial charge in [0.1, 0.15) is 22.5 Å². The smallest absolute Gasteiger partial charge is 0.334 e. The molecule has 34 heavy (non-hydrogen) atoms. The van der Waals surface area contributed by atoms with Crippen LogP contribution in [0.25, 0.3) is 0 Å². The molecule has 10 heteroatoms. The lowest BCUT2D eigenvalue weighted by Crippen LogP contribution is -2.57. The van der Waals surface area contributed by atoms with Gasteiger partial charge in [-0.1, -0.05) is 35.9 Å². The van der Waals surface area contributed by atoms with Gasteiger partial charge in [0.2, 0.25) is 5.82 Å². The number of hydrogen-bond donors (Lipinski definition) is 1. The highest BCUT2D eigenvalue weighted by Crippen LogP contribution is 2.39. The first-order valence-corrected chi connectivity index (χ1v) is 11.2. The van der Waals surface area contributed by atoms with Crippen molar-refractivity contribution in [2.45, 2.75) is 32.0 Å². The standard InChI is InChI=1S/C24H24ClF2N5O2/c1-14-13-31(15(2)12-30(14)20-11-21(25)29-24(28)23(20)32(33)34)22(16-3-7-18(26)8-4-16)17-5-9-19(27)10-6-17/h3-11,14-15,22H,12-13H2,1-2H3,(H2,28,29)/t14-,15+/m0/s1. The average molecular weight is 488 g/mol. The summed E-state index contributed by atoms with van der Waals surface area (Å²) in [5, 5.41) is 11.8. The second-order valence-corrected chi connectivity index (χ2v) is 8.90. The molecule has 7 nitrogen and oxygen atoms in total. The molecule has 2 aromatic carbocycles. The van der Waals surface area contributed by atoms with Gasteiger partial charge in [-0.05, 0) is 49.2 Å². The molecule has 4 rings (SSSR count). The van der Waals surface area contributed by atoms with Crippen molar-refractivity contribution in [3.8, 4) is 0 Å². The average Bonchev–Trinajstić information content (AvgIpc) is 2.77. The van der Waals surface area contributed by atoms with Crippen LogP contribution in [0.1, 0.15) is 31.0 Å². The third-order valence-electron chi connectivity index (χ3n) is 6.20. The summed E-state index contributed by atoms with van der Waals surface area (Å²) in [6, 6.07) is 13.5. The van der Waals surface area contributed by atoms with E-state index in [9.17, 15) is 18.9 Å². The molecule has 1 aromatic heterocycles. The van der Waals surface area contributed by atoms with Crippen LogP contribution in [0.4, 0.5) is 26.0 Å². The van der Waals surface area contributed by atoms with Crippen LogP contribution >= 0.6 is 11.6 Å². The molecule has 1 aliphatic rings. The Morgan fingerprint density at radius 2 is 1.56 bits per heavy atom. The number of nitrogens with two attached hydrogens (primary N) is 1. The first-order chi connectivity index (χ1) is 16.2. The first kappa shape index (κ1) is 23.8. The molecule has 3 aromatic rings. The maximum atomic E-state index is 13.6. The Balaban J connectivity index is 1.72. The zero-order valence-corrected chi connectivity index (χ0v) is 19.4. The fraction of sp³-hybridized carbons (Fsp3) is 0.292. The van der Waals surface area contributed by atoms with Crippen molar-refractivity contribution in [1.29, 1.82) is 0 Å². The van der Waals surface area contributed by atoms with Crippen LogP contribution in [0.5, 0.6) is 0 Å². The second kappa shape index (κ2) is 9.52. The Bertz CT molecular complexity index is 1150. The van der Waals surface area contributed by atoms with Crippen LogP contribution in [-0.2, 0) is 0 Å². The lowest BCUT2D eigenvalue weighted by atomic mass is 9.93. The first-order valence-electron chi connectivity index (χ1n) is 10.8. The van der Waals surface area contributed by atoms with E-state index in [1.807, 2.05) is 18.7 Å². The Kier molecular flexibility index (Phi) is 6.67. The molecule has 0 unspecified atom stereocenters. The van der Waals surface area contributed by atoms with E-state index in [0.29, 0.717) is 18.8 Å². The summed E-state index contributed by atoms with van der Waals surface area (Å²) in [5.74, 6) is -0.912. The predicted octanol–water partition coefficient (Wildman–Crippen LogP) is 5.19. The number of pyridine rings is 1. The van der Waals surface area contributed by atoms with Gasteiger partial charge >= 0.3 is 5.69 Å². The van der Waals surface area contributed by atoms with Crippen molar-refractivity contribution < 1.29 is 13.7 Å². The van der Waals surface area contributed by atoms with Gasteiger partial charge in [-0.2, -0.15) is 0 Å². The highest BCUT2D eigenvalue weighted by Gasteiger charge is 2.38. The Hall–Kier alpha value is -3.30. The molecule has 0 aliphatic carbocycles. The van der Waals surface area contributed by atoms with Crippen molar-refractivity contribution in [3.63, 3.8) is 0 Å². The highest BCUT2D eigenvalue weighted by atomic mass is 35.5. The zero-order chi connectivity index (χ0) is 24.6. The van der Waals surface area contributed by atoms with Gasteiger partial charge in [0.05, 0.1) is 11.0 Å². The summed E-state index contributed by atoms with van der Waals surface area (Å²) in [7, 11) is 0. The van der Waals surface area contributed by atoms with Gasteiger partial charge in [-0.25, -0.2) is 13.8 Å². The number of anilines is 2. The topological polar surface area (TPSA) is 88.5 Å². The van der Waals surface area contributed by atoms with Crippen molar-refractivity contribution in [2.75, 3.05) is 23.7 Å². The number of benzene rings is 2. The number of hydrogen-bond acceptors (Lipinski definition) is 6. The van der Waals surface area contributed by atoms with Gasteiger partial charge in [-0.3, -0.25) is 15.0 Å². The number of rotatable bonds is 5. The molecule has 1 aliphatic heterocycles. The minimum atomic E-state index is -0.544. The molecule has 2 atom stereocenters. The van der Waals surface area contributed by atoms with E-state index in [2.05, 4.69) is 9.88 Å². The van der Waals surface area contributed by atoms with E-state index in [-0.39, 0.29) is 46.4 Å². The summed E-state index contributed by atoms with van der Waals surface area (Å²) in [5.41, 5.74) is 7.60. The molecule has 1 saturated heterocycles. The minimum Gasteiger partial charge on any atom is -0.378 e. The highest BCUT2D eigenvalue weighted by molar-refractivity contribution is 6.30. The van der Waals surface area contributed by atoms with E-state index in [1.165, 1.54) is 30.3 Å². The summed E-state index contributed by atoms with van der Waals surface area (Å²) in [6.07, 6.45) is 0. The van der Waals surface area contributed by atoms with Crippen molar-refractivity contribution >= 4 is 28.8 Å². The Morgan fingerprint density at radius 1 is 1.03 bits per heavy atom. The van der Waals surface area contributed by atoms with Gasteiger partial charge in [0.15, 0.2) is 0 Å². The molecule has 2 N–H and O–H groups in total. The number of nitrogen functional groups attached to an aromatic ring is 1. The summed E-state index contributed by atoms with van der Waals surface area (Å²) >= 11 is 6.08. The summed E-state index contributed by atoms with van der Waals surface area (Å²) < 4.78 is 27.3. The second-order valence-electron chi connectivity index (χ2n) is 8.51. The minimum absolute atomic E-state index is 0.0795. The lowest BCUT2D eigenvalue weighted by Gasteiger charge is -2.48. The molecule has 0 radical (unpaired) electrons. The largest absolute Gasteiger partial charge is 0.378 e. The van der Waals surface area contributed by atoms with Gasteiger partial charge in [0.25, 0.3) is 0 Å². The molecule has 1 fully saturated rings. The molecule has 0 spiro atoms. The molecular weight excluding hydrogens is 464 g/mol. The summed E-state index contributed by atoms with van der Waals surface area (Å²) in [6.45, 7) is 4.94. The van der Waals surface area contributed by atoms with Crippen LogP contribution in [0, 0.1) is 21.7 Å². The Morgan fingerprint density at radius 3 is 2.06 bits per heavy atom. The van der Waals surface area contributed by atoms with E-state index in [1.54, 1.807) is 24.3 Å². The van der Waals surface area contributed by atoms with E-state index < -0.39 is 4.92 Å². The van der Waals surface area contributed by atoms with Crippen LogP contribution in [0.3, 0.4) is 0 Å². The molecule has 0 bridgehead atoms. The van der Waals surface area contributed by atoms with Crippen LogP contribution in [0.15, 0.2) is 54.6 Å². The molecule has 178 valence electrons. The van der Waals surface area contributed by atoms with Gasteiger partial charge in [0, 0.05) is 31.2 Å². The monoisotopic (exact) mass is 487 g/mol. The molecule has 0 saturated carbocycles. The third-order valence-corrected chi connectivity index (χ3v) is 6.39. The molecular formula is C24H24ClF2N5O2. The van der Waals surface area contributed by atoms with Crippen LogP contribution in [0.2, 0.25) is 5.15 Å². The number of aromatic nitrogens is 1. The zero-order valence-electron chi connectivity index (χ0n) is 18.7. The van der Waals surface area contributed by atoms with Crippen LogP contribution in [-0.4, -0.2) is 40.0 Å². The van der Waals surface area contributed by atoms with Crippen molar-refractivity contribution in [1.82, 2.24) is 9.88 Å². The van der Waals surface area contributed by atoms with Crippen molar-refractivity contribution in [3.05, 3.63) is 92.6 Å². The fourth-order valence-corrected chi connectivity index (χ4v) is 4.83. The van der Waals surface area contributed by atoms with E-state index in [4.69, 9.17) is 17.3 Å². The maximum Gasteiger partial charge on any atom is 0.334 e. The number of halogens is 3. The lowest BCUT2D eigenvalue weighted by molar-refractivity contribution is -0.383. The Labute approximate surface area is 200 Å². The van der Waals surface area contributed by atoms with Gasteiger partial charge < -0.3 is 10.6 Å². The van der Waals surface area contributed by atoms with Crippen LogP contribution < -0.4 is 10.6 Å². The number of nitrogens with zero attached hydrogens (tertiary/aromatic N) is 4. The van der Waals surface area contributed by atoms with Crippen molar-refractivity contribution in [2.24, 2.45) is 0 Å². The van der Waals surface area contributed by atoms with E-state index in [0.717, 1.165) is 11.1 Å². The molecule has 0 amide bonds. The third kappa shape index (κ3) is 4.67. The number of piperazine rings is 1. The summed E-state index contributed by atoms with van der Waals surface area (Å²) in [4.78, 5) is 19.2. The SMILES string of the molecule is C[C@@H]1CN(c2cc(Cl)nc(N)c2[N+](=O)[O-])[C@@H](C)CN1C(c1ccc(F)cc1)c1ccc(F)cc1. The van der Waals surface area contributed by atoms with Gasteiger partial charge in [-0.15, -0.1) is 0 Å². The number of nitro groups is 1. The molecule has 2 heterocycles.